The topological polar surface area (TPSA) is 72.6 Å². The third-order valence-corrected chi connectivity index (χ3v) is 3.18. The fourth-order valence-corrected chi connectivity index (χ4v) is 2.27. The summed E-state index contributed by atoms with van der Waals surface area (Å²) in [6, 6.07) is 9.07. The molecule has 104 valence electrons. The Balaban J connectivity index is 2.37. The van der Waals surface area contributed by atoms with Crippen molar-refractivity contribution < 1.29 is 14.8 Å². The van der Waals surface area contributed by atoms with Crippen molar-refractivity contribution >= 4 is 33.2 Å². The molecule has 0 aliphatic rings. The van der Waals surface area contributed by atoms with Crippen LogP contribution in [0.3, 0.4) is 0 Å². The van der Waals surface area contributed by atoms with Gasteiger partial charge in [0.25, 0.3) is 5.69 Å². The van der Waals surface area contributed by atoms with E-state index in [0.29, 0.717) is 26.6 Å². The van der Waals surface area contributed by atoms with Gasteiger partial charge < -0.3 is 9.84 Å². The second-order valence-electron chi connectivity index (χ2n) is 3.91. The molecule has 0 bridgehead atoms. The van der Waals surface area contributed by atoms with E-state index in [9.17, 15) is 15.2 Å². The first kappa shape index (κ1) is 14.8. The van der Waals surface area contributed by atoms with Crippen molar-refractivity contribution in [3.8, 4) is 11.5 Å². The fourth-order valence-electron chi connectivity index (χ4n) is 1.61. The van der Waals surface area contributed by atoms with Crippen LogP contribution in [0.25, 0.3) is 0 Å². The maximum absolute atomic E-state index is 10.8. The molecule has 0 aromatic heterocycles. The van der Waals surface area contributed by atoms with Gasteiger partial charge in [-0.1, -0.05) is 27.5 Å². The van der Waals surface area contributed by atoms with Crippen LogP contribution in [0.4, 0.5) is 5.69 Å². The van der Waals surface area contributed by atoms with E-state index in [0.717, 1.165) is 0 Å². The van der Waals surface area contributed by atoms with Crippen LogP contribution >= 0.6 is 27.5 Å². The molecule has 0 unspecified atom stereocenters. The van der Waals surface area contributed by atoms with Crippen molar-refractivity contribution in [1.29, 1.82) is 0 Å². The molecule has 5 nitrogen and oxygen atoms in total. The van der Waals surface area contributed by atoms with Gasteiger partial charge in [0, 0.05) is 21.1 Å². The third-order valence-electron chi connectivity index (χ3n) is 2.49. The molecule has 0 saturated carbocycles. The molecule has 0 radical (unpaired) electrons. The molecule has 0 atom stereocenters. The summed E-state index contributed by atoms with van der Waals surface area (Å²) in [7, 11) is 0. The quantitative estimate of drug-likeness (QED) is 0.653. The molecule has 2 aromatic carbocycles. The van der Waals surface area contributed by atoms with E-state index in [4.69, 9.17) is 16.3 Å². The second-order valence-corrected chi connectivity index (χ2v) is 5.27. The Bertz CT molecular complexity index is 663. The summed E-state index contributed by atoms with van der Waals surface area (Å²) in [5.41, 5.74) is 0.411. The number of benzene rings is 2. The highest BCUT2D eigenvalue weighted by atomic mass is 79.9. The SMILES string of the molecule is O=[N+]([O-])c1cc(Br)cc(Oc2ccc(Cl)cc2CO)c1. The zero-order valence-electron chi connectivity index (χ0n) is 10.0. The zero-order valence-corrected chi connectivity index (χ0v) is 12.4. The average molecular weight is 359 g/mol. The number of hydrogen-bond donors (Lipinski definition) is 1. The summed E-state index contributed by atoms with van der Waals surface area (Å²) in [6.45, 7) is -0.244. The summed E-state index contributed by atoms with van der Waals surface area (Å²) in [6.07, 6.45) is 0. The first-order valence-electron chi connectivity index (χ1n) is 5.51. The molecule has 1 N–H and O–H groups in total. The Morgan fingerprint density at radius 1 is 1.30 bits per heavy atom. The Hall–Kier alpha value is -1.63. The molecule has 20 heavy (non-hydrogen) atoms. The van der Waals surface area contributed by atoms with Gasteiger partial charge in [0.1, 0.15) is 11.5 Å². The predicted octanol–water partition coefficient (Wildman–Crippen LogP) is 4.30. The molecule has 2 rings (SSSR count). The highest BCUT2D eigenvalue weighted by Gasteiger charge is 2.12. The number of hydrogen-bond acceptors (Lipinski definition) is 4. The van der Waals surface area contributed by atoms with Crippen LogP contribution < -0.4 is 4.74 Å². The van der Waals surface area contributed by atoms with Gasteiger partial charge in [-0.3, -0.25) is 10.1 Å². The number of halogens is 2. The fraction of sp³-hybridized carbons (Fsp3) is 0.0769. The van der Waals surface area contributed by atoms with Crippen molar-refractivity contribution in [2.45, 2.75) is 6.61 Å². The van der Waals surface area contributed by atoms with Crippen LogP contribution in [0.2, 0.25) is 5.02 Å². The molecule has 0 saturated heterocycles. The van der Waals surface area contributed by atoms with Crippen molar-refractivity contribution in [2.24, 2.45) is 0 Å². The average Bonchev–Trinajstić information content (AvgIpc) is 2.40. The summed E-state index contributed by atoms with van der Waals surface area (Å²) in [5, 5.41) is 20.5. The highest BCUT2D eigenvalue weighted by Crippen LogP contribution is 2.32. The summed E-state index contributed by atoms with van der Waals surface area (Å²) < 4.78 is 6.10. The zero-order chi connectivity index (χ0) is 14.7. The minimum atomic E-state index is -0.508. The second kappa shape index (κ2) is 6.21. The van der Waals surface area contributed by atoms with Crippen LogP contribution in [0.5, 0.6) is 11.5 Å². The molecular weight excluding hydrogens is 350 g/mol. The lowest BCUT2D eigenvalue weighted by Crippen LogP contribution is -1.93. The van der Waals surface area contributed by atoms with Gasteiger partial charge in [0.15, 0.2) is 0 Å². The maximum Gasteiger partial charge on any atom is 0.274 e. The minimum absolute atomic E-state index is 0.0890. The number of ether oxygens (including phenoxy) is 1. The lowest BCUT2D eigenvalue weighted by molar-refractivity contribution is -0.385. The van der Waals surface area contributed by atoms with Crippen molar-refractivity contribution in [3.63, 3.8) is 0 Å². The lowest BCUT2D eigenvalue weighted by Gasteiger charge is -2.10. The molecule has 7 heteroatoms. The van der Waals surface area contributed by atoms with E-state index in [1.165, 1.54) is 12.1 Å². The van der Waals surface area contributed by atoms with Crippen LogP contribution in [-0.2, 0) is 6.61 Å². The number of aliphatic hydroxyl groups excluding tert-OH is 1. The van der Waals surface area contributed by atoms with Crippen LogP contribution in [0.15, 0.2) is 40.9 Å². The number of aliphatic hydroxyl groups is 1. The van der Waals surface area contributed by atoms with E-state index < -0.39 is 4.92 Å². The van der Waals surface area contributed by atoms with Gasteiger partial charge >= 0.3 is 0 Å². The molecule has 2 aromatic rings. The first-order chi connectivity index (χ1) is 9.49. The number of rotatable bonds is 4. The van der Waals surface area contributed by atoms with Gasteiger partial charge in [-0.2, -0.15) is 0 Å². The Kier molecular flexibility index (Phi) is 4.59. The number of nitro benzene ring substituents is 1. The van der Waals surface area contributed by atoms with Gasteiger partial charge in [-0.05, 0) is 24.3 Å². The third kappa shape index (κ3) is 3.47. The first-order valence-corrected chi connectivity index (χ1v) is 6.69. The molecule has 0 spiro atoms. The summed E-state index contributed by atoms with van der Waals surface area (Å²) >= 11 is 9.01. The van der Waals surface area contributed by atoms with E-state index in [1.807, 2.05) is 0 Å². The highest BCUT2D eigenvalue weighted by molar-refractivity contribution is 9.10. The van der Waals surface area contributed by atoms with Crippen molar-refractivity contribution in [3.05, 3.63) is 61.6 Å². The van der Waals surface area contributed by atoms with Gasteiger partial charge in [-0.15, -0.1) is 0 Å². The van der Waals surface area contributed by atoms with Crippen molar-refractivity contribution in [2.75, 3.05) is 0 Å². The summed E-state index contributed by atoms with van der Waals surface area (Å²) in [5.74, 6) is 0.687. The number of nitro groups is 1. The van der Waals surface area contributed by atoms with E-state index in [2.05, 4.69) is 15.9 Å². The number of nitrogens with zero attached hydrogens (tertiary/aromatic N) is 1. The largest absolute Gasteiger partial charge is 0.457 e. The van der Waals surface area contributed by atoms with Crippen LogP contribution in [0.1, 0.15) is 5.56 Å². The standard InChI is InChI=1S/C13H9BrClNO4/c14-9-4-11(16(18)19)6-12(5-9)20-13-2-1-10(15)3-8(13)7-17/h1-6,17H,7H2. The Morgan fingerprint density at radius 3 is 2.70 bits per heavy atom. The van der Waals surface area contributed by atoms with Crippen LogP contribution in [0, 0.1) is 10.1 Å². The molecule has 0 heterocycles. The normalized spacial score (nSPS) is 10.3. The monoisotopic (exact) mass is 357 g/mol. The smallest absolute Gasteiger partial charge is 0.274 e. The molecular formula is C13H9BrClNO4. The van der Waals surface area contributed by atoms with Crippen LogP contribution in [-0.4, -0.2) is 10.0 Å². The summed E-state index contributed by atoms with van der Waals surface area (Å²) in [4.78, 5) is 10.3. The van der Waals surface area contributed by atoms with Gasteiger partial charge in [0.05, 0.1) is 17.6 Å². The van der Waals surface area contributed by atoms with E-state index >= 15 is 0 Å². The minimum Gasteiger partial charge on any atom is -0.457 e. The Morgan fingerprint density at radius 2 is 2.05 bits per heavy atom. The van der Waals surface area contributed by atoms with E-state index in [-0.39, 0.29) is 12.3 Å². The Labute approximate surface area is 128 Å². The molecule has 0 aliphatic carbocycles. The van der Waals surface area contributed by atoms with Gasteiger partial charge in [-0.25, -0.2) is 0 Å². The predicted molar refractivity (Wildman–Crippen MR) is 78.2 cm³/mol. The maximum atomic E-state index is 10.8. The van der Waals surface area contributed by atoms with E-state index in [1.54, 1.807) is 24.3 Å². The molecule has 0 fully saturated rings. The van der Waals surface area contributed by atoms with Crippen molar-refractivity contribution in [1.82, 2.24) is 0 Å². The lowest BCUT2D eigenvalue weighted by atomic mass is 10.2. The van der Waals surface area contributed by atoms with Gasteiger partial charge in [0.2, 0.25) is 0 Å². The molecule has 0 amide bonds. The molecule has 0 aliphatic heterocycles. The number of non-ortho nitro benzene ring substituents is 1.